The first-order valence-electron chi connectivity index (χ1n) is 7.77. The monoisotopic (exact) mass is 282 g/mol. The zero-order valence-electron chi connectivity index (χ0n) is 13.3. The fourth-order valence-corrected chi connectivity index (χ4v) is 2.53. The summed E-state index contributed by atoms with van der Waals surface area (Å²) in [5.41, 5.74) is 8.23. The minimum atomic E-state index is 0.152. The summed E-state index contributed by atoms with van der Waals surface area (Å²) in [5, 5.41) is 0. The van der Waals surface area contributed by atoms with E-state index in [0.717, 1.165) is 12.8 Å². The van der Waals surface area contributed by atoms with Gasteiger partial charge >= 0.3 is 0 Å². The van der Waals surface area contributed by atoms with E-state index in [0.29, 0.717) is 5.92 Å². The second-order valence-corrected chi connectivity index (χ2v) is 5.91. The predicted octanol–water partition coefficient (Wildman–Crippen LogP) is 4.12. The molecule has 3 N–H and O–H groups in total. The van der Waals surface area contributed by atoms with Gasteiger partial charge in [0.15, 0.2) is 0 Å². The summed E-state index contributed by atoms with van der Waals surface area (Å²) in [7, 11) is 0. The highest BCUT2D eigenvalue weighted by molar-refractivity contribution is 5.29. The molecule has 2 rings (SSSR count). The summed E-state index contributed by atoms with van der Waals surface area (Å²) in [5.74, 6) is 6.32. The van der Waals surface area contributed by atoms with Crippen LogP contribution in [0.2, 0.25) is 0 Å². The molecule has 0 fully saturated rings. The molecule has 0 aliphatic carbocycles. The molecule has 21 heavy (non-hydrogen) atoms. The lowest BCUT2D eigenvalue weighted by atomic mass is 9.95. The number of hydrogen-bond acceptors (Lipinski definition) is 2. The summed E-state index contributed by atoms with van der Waals surface area (Å²) in [6, 6.07) is 17.7. The lowest BCUT2D eigenvalue weighted by molar-refractivity contribution is 0.551. The molecule has 2 heteroatoms. The van der Waals surface area contributed by atoms with Gasteiger partial charge in [-0.3, -0.25) is 11.3 Å². The van der Waals surface area contributed by atoms with Crippen LogP contribution < -0.4 is 11.3 Å². The summed E-state index contributed by atoms with van der Waals surface area (Å²) in [4.78, 5) is 0. The number of rotatable bonds is 6. The Bertz CT molecular complexity index is 541. The smallest absolute Gasteiger partial charge is 0.0500 e. The predicted molar refractivity (Wildman–Crippen MR) is 90.1 cm³/mol. The quantitative estimate of drug-likeness (QED) is 0.618. The Kier molecular flexibility index (Phi) is 5.54. The van der Waals surface area contributed by atoms with Gasteiger partial charge in [-0.25, -0.2) is 0 Å². The summed E-state index contributed by atoms with van der Waals surface area (Å²) < 4.78 is 0. The summed E-state index contributed by atoms with van der Waals surface area (Å²) in [6.45, 7) is 6.60. The molecule has 2 aromatic rings. The van der Waals surface area contributed by atoms with Crippen LogP contribution >= 0.6 is 0 Å². The first kappa shape index (κ1) is 15.7. The maximum Gasteiger partial charge on any atom is 0.0500 e. The Labute approximate surface area is 128 Å². The number of hydrogen-bond donors (Lipinski definition) is 2. The normalized spacial score (nSPS) is 12.6. The molecule has 0 saturated heterocycles. The van der Waals surface area contributed by atoms with Crippen molar-refractivity contribution in [1.29, 1.82) is 0 Å². The Morgan fingerprint density at radius 2 is 1.38 bits per heavy atom. The van der Waals surface area contributed by atoms with Crippen molar-refractivity contribution in [3.63, 3.8) is 0 Å². The van der Waals surface area contributed by atoms with Crippen LogP contribution in [0.4, 0.5) is 0 Å². The molecule has 0 aromatic heterocycles. The lowest BCUT2D eigenvalue weighted by Crippen LogP contribution is -2.29. The maximum absolute atomic E-state index is 5.76. The van der Waals surface area contributed by atoms with Gasteiger partial charge in [-0.05, 0) is 41.0 Å². The van der Waals surface area contributed by atoms with E-state index in [4.69, 9.17) is 5.84 Å². The number of nitrogens with one attached hydrogen (secondary N) is 1. The fraction of sp³-hybridized carbons (Fsp3) is 0.368. The molecule has 112 valence electrons. The molecule has 0 heterocycles. The van der Waals surface area contributed by atoms with Crippen molar-refractivity contribution in [2.45, 2.75) is 45.6 Å². The molecule has 0 saturated carbocycles. The second kappa shape index (κ2) is 7.39. The molecular weight excluding hydrogens is 256 g/mol. The Hall–Kier alpha value is -1.64. The Balaban J connectivity index is 2.11. The average Bonchev–Trinajstić information content (AvgIpc) is 2.53. The van der Waals surface area contributed by atoms with E-state index in [1.54, 1.807) is 0 Å². The molecule has 0 amide bonds. The summed E-state index contributed by atoms with van der Waals surface area (Å²) >= 11 is 0. The summed E-state index contributed by atoms with van der Waals surface area (Å²) in [6.07, 6.45) is 1.98. The molecule has 0 aliphatic rings. The highest BCUT2D eigenvalue weighted by Gasteiger charge is 2.11. The van der Waals surface area contributed by atoms with E-state index in [2.05, 4.69) is 74.7 Å². The number of hydrazine groups is 1. The minimum absolute atomic E-state index is 0.152. The van der Waals surface area contributed by atoms with Crippen molar-refractivity contribution in [2.75, 3.05) is 0 Å². The van der Waals surface area contributed by atoms with Crippen molar-refractivity contribution in [1.82, 2.24) is 5.43 Å². The van der Waals surface area contributed by atoms with E-state index in [1.807, 2.05) is 0 Å². The molecule has 0 radical (unpaired) electrons. The molecule has 2 aromatic carbocycles. The van der Waals surface area contributed by atoms with E-state index < -0.39 is 0 Å². The van der Waals surface area contributed by atoms with Crippen molar-refractivity contribution in [3.05, 3.63) is 70.8 Å². The number of benzene rings is 2. The molecule has 2 nitrogen and oxygen atoms in total. The van der Waals surface area contributed by atoms with Crippen LogP contribution in [0.5, 0.6) is 0 Å². The minimum Gasteiger partial charge on any atom is -0.271 e. The van der Waals surface area contributed by atoms with Gasteiger partial charge in [0.1, 0.15) is 0 Å². The van der Waals surface area contributed by atoms with E-state index in [-0.39, 0.29) is 6.04 Å². The van der Waals surface area contributed by atoms with Gasteiger partial charge in [0.2, 0.25) is 0 Å². The van der Waals surface area contributed by atoms with Crippen LogP contribution in [0.25, 0.3) is 0 Å². The Morgan fingerprint density at radius 3 is 1.86 bits per heavy atom. The highest BCUT2D eigenvalue weighted by Crippen LogP contribution is 2.21. The molecule has 0 bridgehead atoms. The van der Waals surface area contributed by atoms with Crippen molar-refractivity contribution >= 4 is 0 Å². The molecule has 1 unspecified atom stereocenters. The number of aryl methyl sites for hydroxylation is 1. The van der Waals surface area contributed by atoms with Crippen molar-refractivity contribution < 1.29 is 0 Å². The van der Waals surface area contributed by atoms with Crippen LogP contribution in [-0.2, 0) is 12.8 Å². The zero-order valence-corrected chi connectivity index (χ0v) is 13.3. The highest BCUT2D eigenvalue weighted by atomic mass is 15.2. The van der Waals surface area contributed by atoms with Gasteiger partial charge in [-0.15, -0.1) is 0 Å². The van der Waals surface area contributed by atoms with Gasteiger partial charge < -0.3 is 0 Å². The third kappa shape index (κ3) is 4.16. The van der Waals surface area contributed by atoms with Crippen LogP contribution in [0.1, 0.15) is 55.0 Å². The van der Waals surface area contributed by atoms with Crippen LogP contribution in [-0.4, -0.2) is 0 Å². The van der Waals surface area contributed by atoms with Crippen molar-refractivity contribution in [2.24, 2.45) is 5.84 Å². The topological polar surface area (TPSA) is 38.0 Å². The first-order valence-corrected chi connectivity index (χ1v) is 7.77. The van der Waals surface area contributed by atoms with E-state index in [1.165, 1.54) is 22.3 Å². The van der Waals surface area contributed by atoms with E-state index in [9.17, 15) is 0 Å². The number of nitrogens with two attached hydrogens (primary N) is 1. The fourth-order valence-electron chi connectivity index (χ4n) is 2.53. The van der Waals surface area contributed by atoms with Crippen LogP contribution in [0.3, 0.4) is 0 Å². The molecule has 1 atom stereocenters. The van der Waals surface area contributed by atoms with E-state index >= 15 is 0 Å². The molecule has 0 spiro atoms. The van der Waals surface area contributed by atoms with Gasteiger partial charge in [0.05, 0.1) is 0 Å². The molecular formula is C19H26N2. The van der Waals surface area contributed by atoms with Gasteiger partial charge in [0, 0.05) is 6.04 Å². The second-order valence-electron chi connectivity index (χ2n) is 5.91. The van der Waals surface area contributed by atoms with Gasteiger partial charge in [-0.2, -0.15) is 0 Å². The zero-order chi connectivity index (χ0) is 15.2. The third-order valence-corrected chi connectivity index (χ3v) is 4.08. The Morgan fingerprint density at radius 1 is 0.857 bits per heavy atom. The van der Waals surface area contributed by atoms with Crippen LogP contribution in [0, 0.1) is 0 Å². The largest absolute Gasteiger partial charge is 0.271 e. The third-order valence-electron chi connectivity index (χ3n) is 4.08. The maximum atomic E-state index is 5.76. The molecule has 0 aliphatic heterocycles. The van der Waals surface area contributed by atoms with Crippen molar-refractivity contribution in [3.8, 4) is 0 Å². The first-order chi connectivity index (χ1) is 10.1. The lowest BCUT2D eigenvalue weighted by Gasteiger charge is -2.17. The van der Waals surface area contributed by atoms with Gasteiger partial charge in [0.25, 0.3) is 0 Å². The SMILES string of the molecule is CCc1ccc(CC(NN)c2ccc(C(C)C)cc2)cc1. The average molecular weight is 282 g/mol. The standard InChI is InChI=1S/C19H26N2/c1-4-15-5-7-16(8-6-15)13-19(21-20)18-11-9-17(10-12-18)14(2)3/h5-12,14,19,21H,4,13,20H2,1-3H3. The van der Waals surface area contributed by atoms with Gasteiger partial charge in [-0.1, -0.05) is 69.3 Å². The van der Waals surface area contributed by atoms with Crippen LogP contribution in [0.15, 0.2) is 48.5 Å².